The first-order valence-corrected chi connectivity index (χ1v) is 9.40. The fourth-order valence-corrected chi connectivity index (χ4v) is 3.41. The minimum atomic E-state index is -4.62. The molecule has 7 nitrogen and oxygen atoms in total. The highest BCUT2D eigenvalue weighted by molar-refractivity contribution is 7.91. The van der Waals surface area contributed by atoms with Gasteiger partial charge in [-0.05, 0) is 25.1 Å². The molecule has 0 amide bonds. The van der Waals surface area contributed by atoms with Gasteiger partial charge in [-0.15, -0.1) is 0 Å². The number of alkyl halides is 3. The first-order valence-electron chi connectivity index (χ1n) is 7.75. The number of oxime groups is 1. The van der Waals surface area contributed by atoms with Crippen LogP contribution in [0.4, 0.5) is 13.2 Å². The number of nitrogens with zero attached hydrogens (tertiary/aromatic N) is 4. The van der Waals surface area contributed by atoms with E-state index in [4.69, 9.17) is 0 Å². The maximum Gasteiger partial charge on any atom is 0.416 e. The molecule has 0 saturated heterocycles. The molecule has 0 fully saturated rings. The summed E-state index contributed by atoms with van der Waals surface area (Å²) in [6.07, 6.45) is -1.72. The molecule has 11 heteroatoms. The molecule has 0 aliphatic carbocycles. The van der Waals surface area contributed by atoms with E-state index in [-0.39, 0.29) is 33.7 Å². The fraction of sp³-hybridized carbons (Fsp3) is 0.312. The summed E-state index contributed by atoms with van der Waals surface area (Å²) in [4.78, 5) is 9.13. The van der Waals surface area contributed by atoms with Crippen LogP contribution in [0.5, 0.6) is 0 Å². The number of hydrogen-bond acceptors (Lipinski definition) is 6. The Balaban J connectivity index is 2.67. The maximum atomic E-state index is 13.0. The molecule has 1 aromatic rings. The number of allylic oxidation sites excluding steroid dienone is 3. The molecule has 0 saturated carbocycles. The van der Waals surface area contributed by atoms with E-state index in [0.717, 1.165) is 12.2 Å². The number of likely N-dealkylation sites (N-methyl/N-ethyl adjacent to an activating group) is 1. The Kier molecular flexibility index (Phi) is 5.73. The van der Waals surface area contributed by atoms with Crippen LogP contribution < -0.4 is 0 Å². The molecule has 0 atom stereocenters. The van der Waals surface area contributed by atoms with Crippen molar-refractivity contribution in [1.29, 1.82) is 0 Å². The molecule has 2 heterocycles. The average molecular weight is 402 g/mol. The number of halogens is 3. The van der Waals surface area contributed by atoms with Crippen LogP contribution in [0.15, 0.2) is 56.8 Å². The van der Waals surface area contributed by atoms with Crippen LogP contribution in [-0.2, 0) is 9.84 Å². The second kappa shape index (κ2) is 7.51. The number of sulfone groups is 1. The Bertz CT molecular complexity index is 963. The average Bonchev–Trinajstić information content (AvgIpc) is 2.93. The predicted octanol–water partition coefficient (Wildman–Crippen LogP) is 2.75. The van der Waals surface area contributed by atoms with Crippen LogP contribution in [-0.4, -0.2) is 54.2 Å². The summed E-state index contributed by atoms with van der Waals surface area (Å²) in [5.74, 6) is -0.498. The smallest absolute Gasteiger partial charge is 0.409 e. The third-order valence-electron chi connectivity index (χ3n) is 3.81. The van der Waals surface area contributed by atoms with Crippen LogP contribution in [0.1, 0.15) is 19.5 Å². The second-order valence-electron chi connectivity index (χ2n) is 5.44. The zero-order valence-electron chi connectivity index (χ0n) is 14.7. The normalized spacial score (nSPS) is 19.1. The van der Waals surface area contributed by atoms with Crippen molar-refractivity contribution >= 4 is 21.5 Å². The quantitative estimate of drug-likeness (QED) is 0.617. The molecule has 27 heavy (non-hydrogen) atoms. The maximum absolute atomic E-state index is 13.0. The number of aliphatic imine (C=N–C) groups is 1. The predicted molar refractivity (Wildman–Crippen MR) is 93.4 cm³/mol. The molecule has 0 bridgehead atoms. The zero-order valence-corrected chi connectivity index (χ0v) is 15.5. The highest BCUT2D eigenvalue weighted by Gasteiger charge is 2.35. The second-order valence-corrected chi connectivity index (χ2v) is 7.69. The summed E-state index contributed by atoms with van der Waals surface area (Å²) in [5.41, 5.74) is -1.30. The van der Waals surface area contributed by atoms with Crippen LogP contribution in [0.3, 0.4) is 0 Å². The third-order valence-corrected chi connectivity index (χ3v) is 5.57. The van der Waals surface area contributed by atoms with Gasteiger partial charge in [0.2, 0.25) is 0 Å². The molecule has 2 rings (SSSR count). The van der Waals surface area contributed by atoms with Gasteiger partial charge >= 0.3 is 6.18 Å². The summed E-state index contributed by atoms with van der Waals surface area (Å²) >= 11 is 0. The Labute approximate surface area is 154 Å². The molecule has 1 aromatic heterocycles. The fourth-order valence-electron chi connectivity index (χ4n) is 2.38. The summed E-state index contributed by atoms with van der Waals surface area (Å²) in [7, 11) is -2.28. The Morgan fingerprint density at radius 3 is 2.59 bits per heavy atom. The van der Waals surface area contributed by atoms with Crippen molar-refractivity contribution in [3.05, 3.63) is 47.4 Å². The third kappa shape index (κ3) is 4.02. The molecule has 0 aromatic carbocycles. The summed E-state index contributed by atoms with van der Waals surface area (Å²) < 4.78 is 63.7. The summed E-state index contributed by atoms with van der Waals surface area (Å²) in [6.45, 7) is 2.67. The molecule has 1 aliphatic heterocycles. The minimum Gasteiger partial charge on any atom is -0.409 e. The monoisotopic (exact) mass is 402 g/mol. The topological polar surface area (TPSA) is 95.2 Å². The molecule has 1 N–H and O–H groups in total. The largest absolute Gasteiger partial charge is 0.416 e. The van der Waals surface area contributed by atoms with Crippen LogP contribution >= 0.6 is 0 Å². The van der Waals surface area contributed by atoms with Gasteiger partial charge in [0.05, 0.1) is 16.2 Å². The van der Waals surface area contributed by atoms with Crippen molar-refractivity contribution in [2.24, 2.45) is 10.1 Å². The lowest BCUT2D eigenvalue weighted by Gasteiger charge is -2.15. The van der Waals surface area contributed by atoms with Gasteiger partial charge in [0.15, 0.2) is 21.5 Å². The van der Waals surface area contributed by atoms with Crippen molar-refractivity contribution in [2.75, 3.05) is 12.8 Å². The molecule has 1 aliphatic rings. The standard InChI is InChI=1S/C16H17F3N4O3S/c1-4-10(16(17,18)19)9-11-14(22-24)23(3)15(21-11)13-12(7-6-8-20-13)27(25,26)5-2/h4,6-9,24H,5H2,1-3H3/b10-4+,11-9+,22-14-. The SMILES string of the molecule is C\C=C(/C=C1/N=C(c2ncccc2S(=O)(=O)CC)N(C)/C1=N\O)C(F)(F)F. The van der Waals surface area contributed by atoms with E-state index >= 15 is 0 Å². The molecule has 0 radical (unpaired) electrons. The zero-order chi connectivity index (χ0) is 20.4. The lowest BCUT2D eigenvalue weighted by atomic mass is 10.2. The van der Waals surface area contributed by atoms with Crippen molar-refractivity contribution in [1.82, 2.24) is 9.88 Å². The number of amidine groups is 2. The van der Waals surface area contributed by atoms with Crippen molar-refractivity contribution in [2.45, 2.75) is 24.9 Å². The van der Waals surface area contributed by atoms with Crippen molar-refractivity contribution in [3.8, 4) is 0 Å². The number of pyridine rings is 1. The lowest BCUT2D eigenvalue weighted by Crippen LogP contribution is -2.30. The van der Waals surface area contributed by atoms with Crippen LogP contribution in [0.25, 0.3) is 0 Å². The number of aromatic nitrogens is 1. The minimum absolute atomic E-state index is 0.0413. The van der Waals surface area contributed by atoms with E-state index < -0.39 is 21.6 Å². The van der Waals surface area contributed by atoms with Crippen molar-refractivity contribution in [3.63, 3.8) is 0 Å². The van der Waals surface area contributed by atoms with Gasteiger partial charge in [-0.1, -0.05) is 18.2 Å². The summed E-state index contributed by atoms with van der Waals surface area (Å²) in [6, 6.07) is 2.77. The Hall–Kier alpha value is -2.69. The lowest BCUT2D eigenvalue weighted by molar-refractivity contribution is -0.0883. The van der Waals surface area contributed by atoms with Gasteiger partial charge < -0.3 is 10.1 Å². The Morgan fingerprint density at radius 2 is 2.07 bits per heavy atom. The van der Waals surface area contributed by atoms with Gasteiger partial charge in [-0.25, -0.2) is 13.4 Å². The molecule has 0 spiro atoms. The Morgan fingerprint density at radius 1 is 1.41 bits per heavy atom. The highest BCUT2D eigenvalue weighted by Crippen LogP contribution is 2.30. The highest BCUT2D eigenvalue weighted by atomic mass is 32.2. The number of hydrogen-bond donors (Lipinski definition) is 1. The first-order chi connectivity index (χ1) is 12.6. The molecular formula is C16H17F3N4O3S. The first kappa shape index (κ1) is 20.6. The van der Waals surface area contributed by atoms with E-state index in [1.165, 1.54) is 44.1 Å². The van der Waals surface area contributed by atoms with Gasteiger partial charge in [-0.3, -0.25) is 4.98 Å². The van der Waals surface area contributed by atoms with E-state index in [9.17, 15) is 26.8 Å². The van der Waals surface area contributed by atoms with Gasteiger partial charge in [0.1, 0.15) is 11.4 Å². The van der Waals surface area contributed by atoms with Gasteiger partial charge in [0, 0.05) is 13.2 Å². The van der Waals surface area contributed by atoms with Crippen molar-refractivity contribution < 1.29 is 26.8 Å². The van der Waals surface area contributed by atoms with E-state index in [2.05, 4.69) is 15.1 Å². The van der Waals surface area contributed by atoms with Gasteiger partial charge in [-0.2, -0.15) is 13.2 Å². The van der Waals surface area contributed by atoms with Gasteiger partial charge in [0.25, 0.3) is 0 Å². The molecule has 0 unspecified atom stereocenters. The number of rotatable bonds is 4. The van der Waals surface area contributed by atoms with E-state index in [0.29, 0.717) is 0 Å². The molecule has 146 valence electrons. The molecular weight excluding hydrogens is 385 g/mol. The summed E-state index contributed by atoms with van der Waals surface area (Å²) in [5, 5.41) is 12.2. The van der Waals surface area contributed by atoms with Crippen LogP contribution in [0.2, 0.25) is 0 Å². The van der Waals surface area contributed by atoms with Crippen LogP contribution in [0, 0.1) is 0 Å². The van der Waals surface area contributed by atoms with E-state index in [1.54, 1.807) is 0 Å². The van der Waals surface area contributed by atoms with E-state index in [1.807, 2.05) is 0 Å².